The minimum absolute atomic E-state index is 0.0760. The Morgan fingerprint density at radius 2 is 1.94 bits per heavy atom. The second kappa shape index (κ2) is 8.12. The number of carbonyl (C=O) groups excluding carboxylic acids is 1. The van der Waals surface area contributed by atoms with Crippen LogP contribution in [0.25, 0.3) is 0 Å². The zero-order valence-electron chi connectivity index (χ0n) is 9.25. The van der Waals surface area contributed by atoms with E-state index in [0.717, 1.165) is 5.56 Å². The van der Waals surface area contributed by atoms with Gasteiger partial charge in [-0.15, -0.1) is 0 Å². The topological polar surface area (TPSA) is 41.1 Å². The largest absolute Gasteiger partial charge is 0.351 e. The lowest BCUT2D eigenvalue weighted by molar-refractivity contribution is -0.120. The first kappa shape index (κ1) is 14.0. The van der Waals surface area contributed by atoms with Gasteiger partial charge in [0.2, 0.25) is 5.91 Å². The first-order valence-corrected chi connectivity index (χ1v) is 6.00. The van der Waals surface area contributed by atoms with E-state index in [1.807, 2.05) is 30.3 Å². The maximum Gasteiger partial charge on any atom is 0.234 e. The van der Waals surface area contributed by atoms with Gasteiger partial charge in [0.1, 0.15) is 0 Å². The second-order valence-corrected chi connectivity index (χ2v) is 4.13. The van der Waals surface area contributed by atoms with Crippen molar-refractivity contribution >= 4 is 29.1 Å². The standard InChI is InChI=1S/C12H14Cl2N2O/c13-6-11(14)8-15-9-12(17)16-7-10-4-2-1-3-5-10/h1-6,15H,7-9H2,(H,16,17)/b11-6+. The highest BCUT2D eigenvalue weighted by Gasteiger charge is 2.00. The fourth-order valence-electron chi connectivity index (χ4n) is 1.19. The van der Waals surface area contributed by atoms with E-state index in [4.69, 9.17) is 23.2 Å². The molecule has 0 fully saturated rings. The van der Waals surface area contributed by atoms with Gasteiger partial charge < -0.3 is 10.6 Å². The molecule has 0 saturated carbocycles. The number of halogens is 2. The number of hydrogen-bond acceptors (Lipinski definition) is 2. The third-order valence-electron chi connectivity index (χ3n) is 2.03. The molecular weight excluding hydrogens is 259 g/mol. The fourth-order valence-corrected chi connectivity index (χ4v) is 1.36. The molecule has 17 heavy (non-hydrogen) atoms. The molecule has 0 aliphatic heterocycles. The Balaban J connectivity index is 2.18. The van der Waals surface area contributed by atoms with E-state index < -0.39 is 0 Å². The molecule has 0 aromatic heterocycles. The second-order valence-electron chi connectivity index (χ2n) is 3.42. The summed E-state index contributed by atoms with van der Waals surface area (Å²) in [5.74, 6) is -0.0760. The van der Waals surface area contributed by atoms with Crippen LogP contribution < -0.4 is 10.6 Å². The molecular formula is C12H14Cl2N2O. The summed E-state index contributed by atoms with van der Waals surface area (Å²) < 4.78 is 0. The molecule has 2 N–H and O–H groups in total. The predicted octanol–water partition coefficient (Wildman–Crippen LogP) is 2.21. The minimum Gasteiger partial charge on any atom is -0.351 e. The summed E-state index contributed by atoms with van der Waals surface area (Å²) in [5, 5.41) is 6.14. The van der Waals surface area contributed by atoms with Crippen molar-refractivity contribution in [3.8, 4) is 0 Å². The molecule has 3 nitrogen and oxygen atoms in total. The molecule has 0 heterocycles. The molecule has 1 amide bonds. The van der Waals surface area contributed by atoms with E-state index in [1.54, 1.807) is 0 Å². The normalized spacial score (nSPS) is 11.3. The van der Waals surface area contributed by atoms with Crippen LogP contribution in [0, 0.1) is 0 Å². The fraction of sp³-hybridized carbons (Fsp3) is 0.250. The summed E-state index contributed by atoms with van der Waals surface area (Å²) in [6, 6.07) is 9.73. The van der Waals surface area contributed by atoms with Crippen molar-refractivity contribution in [3.63, 3.8) is 0 Å². The van der Waals surface area contributed by atoms with Gasteiger partial charge in [0, 0.05) is 23.7 Å². The van der Waals surface area contributed by atoms with Gasteiger partial charge in [-0.3, -0.25) is 4.79 Å². The van der Waals surface area contributed by atoms with Crippen LogP contribution in [0.15, 0.2) is 40.9 Å². The van der Waals surface area contributed by atoms with Crippen LogP contribution in [0.3, 0.4) is 0 Å². The van der Waals surface area contributed by atoms with Gasteiger partial charge in [0.15, 0.2) is 0 Å². The summed E-state index contributed by atoms with van der Waals surface area (Å²) in [6.45, 7) is 1.14. The van der Waals surface area contributed by atoms with Gasteiger partial charge in [-0.05, 0) is 5.56 Å². The molecule has 1 aromatic carbocycles. The molecule has 0 atom stereocenters. The van der Waals surface area contributed by atoms with Crippen LogP contribution in [-0.2, 0) is 11.3 Å². The molecule has 0 spiro atoms. The molecule has 92 valence electrons. The van der Waals surface area contributed by atoms with Crippen molar-refractivity contribution < 1.29 is 4.79 Å². The van der Waals surface area contributed by atoms with E-state index in [1.165, 1.54) is 5.54 Å². The molecule has 0 radical (unpaired) electrons. The monoisotopic (exact) mass is 272 g/mol. The number of benzene rings is 1. The van der Waals surface area contributed by atoms with Gasteiger partial charge in [0.25, 0.3) is 0 Å². The number of carbonyl (C=O) groups is 1. The van der Waals surface area contributed by atoms with Crippen molar-refractivity contribution in [2.24, 2.45) is 0 Å². The summed E-state index contributed by atoms with van der Waals surface area (Å²) in [7, 11) is 0. The zero-order valence-corrected chi connectivity index (χ0v) is 10.8. The molecule has 1 aromatic rings. The lowest BCUT2D eigenvalue weighted by Crippen LogP contribution is -2.33. The van der Waals surface area contributed by atoms with Crippen LogP contribution >= 0.6 is 23.2 Å². The van der Waals surface area contributed by atoms with Crippen LogP contribution in [0.2, 0.25) is 0 Å². The zero-order chi connectivity index (χ0) is 12.5. The summed E-state index contributed by atoms with van der Waals surface area (Å²) >= 11 is 11.0. The smallest absolute Gasteiger partial charge is 0.234 e. The first-order chi connectivity index (χ1) is 8.22. The Bertz CT molecular complexity index is 379. The van der Waals surface area contributed by atoms with Crippen LogP contribution in [0.5, 0.6) is 0 Å². The lowest BCUT2D eigenvalue weighted by atomic mass is 10.2. The SMILES string of the molecule is O=C(CNC/C(Cl)=C\Cl)NCc1ccccc1. The van der Waals surface area contributed by atoms with Crippen LogP contribution in [0.1, 0.15) is 5.56 Å². The van der Waals surface area contributed by atoms with Crippen molar-refractivity contribution in [2.45, 2.75) is 6.54 Å². The van der Waals surface area contributed by atoms with E-state index in [-0.39, 0.29) is 12.5 Å². The van der Waals surface area contributed by atoms with Crippen molar-refractivity contribution in [3.05, 3.63) is 46.5 Å². The van der Waals surface area contributed by atoms with Gasteiger partial charge in [-0.2, -0.15) is 0 Å². The van der Waals surface area contributed by atoms with Crippen LogP contribution in [-0.4, -0.2) is 19.0 Å². The molecule has 1 rings (SSSR count). The van der Waals surface area contributed by atoms with Crippen molar-refractivity contribution in [1.82, 2.24) is 10.6 Å². The van der Waals surface area contributed by atoms with E-state index in [9.17, 15) is 4.79 Å². The minimum atomic E-state index is -0.0760. The van der Waals surface area contributed by atoms with Crippen molar-refractivity contribution in [1.29, 1.82) is 0 Å². The highest BCUT2D eigenvalue weighted by molar-refractivity contribution is 6.36. The van der Waals surface area contributed by atoms with Gasteiger partial charge in [0.05, 0.1) is 6.54 Å². The average molecular weight is 273 g/mol. The van der Waals surface area contributed by atoms with E-state index in [0.29, 0.717) is 18.1 Å². The Morgan fingerprint density at radius 1 is 1.24 bits per heavy atom. The molecule has 0 aliphatic carbocycles. The summed E-state index contributed by atoms with van der Waals surface area (Å²) in [4.78, 5) is 11.4. The molecule has 0 unspecified atom stereocenters. The molecule has 0 aliphatic rings. The maximum atomic E-state index is 11.4. The Labute approximate surface area is 111 Å². The van der Waals surface area contributed by atoms with Gasteiger partial charge in [-0.25, -0.2) is 0 Å². The molecule has 0 saturated heterocycles. The van der Waals surface area contributed by atoms with Gasteiger partial charge >= 0.3 is 0 Å². The van der Waals surface area contributed by atoms with Crippen LogP contribution in [0.4, 0.5) is 0 Å². The number of rotatable bonds is 6. The van der Waals surface area contributed by atoms with E-state index in [2.05, 4.69) is 10.6 Å². The van der Waals surface area contributed by atoms with E-state index >= 15 is 0 Å². The Kier molecular flexibility index (Phi) is 6.70. The Hall–Kier alpha value is -1.03. The molecule has 5 heteroatoms. The number of hydrogen-bond donors (Lipinski definition) is 2. The quantitative estimate of drug-likeness (QED) is 0.834. The number of amides is 1. The average Bonchev–Trinajstić information content (AvgIpc) is 2.37. The van der Waals surface area contributed by atoms with Crippen molar-refractivity contribution in [2.75, 3.05) is 13.1 Å². The van der Waals surface area contributed by atoms with Gasteiger partial charge in [-0.1, -0.05) is 53.5 Å². The highest BCUT2D eigenvalue weighted by atomic mass is 35.5. The Morgan fingerprint density at radius 3 is 2.59 bits per heavy atom. The summed E-state index contributed by atoms with van der Waals surface area (Å²) in [5.41, 5.74) is 2.34. The highest BCUT2D eigenvalue weighted by Crippen LogP contribution is 2.00. The predicted molar refractivity (Wildman–Crippen MR) is 70.9 cm³/mol. The third-order valence-corrected chi connectivity index (χ3v) is 2.65. The maximum absolute atomic E-state index is 11.4. The summed E-state index contributed by atoms with van der Waals surface area (Å²) in [6.07, 6.45) is 0. The lowest BCUT2D eigenvalue weighted by Gasteiger charge is -2.06. The first-order valence-electron chi connectivity index (χ1n) is 5.18. The number of nitrogens with one attached hydrogen (secondary N) is 2. The third kappa shape index (κ3) is 6.31. The molecule has 0 bridgehead atoms.